The molecule has 1 aliphatic carbocycles. The summed E-state index contributed by atoms with van der Waals surface area (Å²) in [6.07, 6.45) is -11.8. The van der Waals surface area contributed by atoms with Crippen molar-refractivity contribution in [1.29, 1.82) is 0 Å². The van der Waals surface area contributed by atoms with Crippen LogP contribution in [-0.2, 0) is 5.67 Å². The Bertz CT molecular complexity index is 578. The smallest absolute Gasteiger partial charge is 0.236 e. The van der Waals surface area contributed by atoms with E-state index < -0.39 is 47.3 Å². The second-order valence-electron chi connectivity index (χ2n) is 4.77. The van der Waals surface area contributed by atoms with E-state index >= 15 is 0 Å². The molecule has 1 aromatic rings. The standard InChI is InChI=1S/C13H8F8/c14-8-4-2-1-3-7(8)11(17)5-9(15)10(16)12(18,6-11)13(19,20)21/h1-5,10H,6H2. The molecule has 0 aromatic heterocycles. The Morgan fingerprint density at radius 2 is 1.62 bits per heavy atom. The molecule has 116 valence electrons. The van der Waals surface area contributed by atoms with Gasteiger partial charge in [0.15, 0.2) is 11.8 Å². The van der Waals surface area contributed by atoms with Crippen molar-refractivity contribution in [2.45, 2.75) is 30.1 Å². The van der Waals surface area contributed by atoms with E-state index in [1.165, 1.54) is 0 Å². The molecule has 0 bridgehead atoms. The first-order chi connectivity index (χ1) is 9.51. The molecule has 2 rings (SSSR count). The van der Waals surface area contributed by atoms with Crippen LogP contribution in [0.1, 0.15) is 12.0 Å². The molecule has 0 spiro atoms. The van der Waals surface area contributed by atoms with Gasteiger partial charge in [0.25, 0.3) is 0 Å². The first-order valence-electron chi connectivity index (χ1n) is 5.73. The highest BCUT2D eigenvalue weighted by Gasteiger charge is 2.68. The van der Waals surface area contributed by atoms with E-state index in [0.29, 0.717) is 0 Å². The van der Waals surface area contributed by atoms with Gasteiger partial charge in [0.05, 0.1) is 0 Å². The third kappa shape index (κ3) is 2.40. The molecule has 0 N–H and O–H groups in total. The Labute approximate surface area is 114 Å². The third-order valence-electron chi connectivity index (χ3n) is 3.32. The molecule has 0 amide bonds. The van der Waals surface area contributed by atoms with Gasteiger partial charge in [0.2, 0.25) is 5.67 Å². The lowest BCUT2D eigenvalue weighted by molar-refractivity contribution is -0.260. The molecular weight excluding hydrogens is 308 g/mol. The van der Waals surface area contributed by atoms with Crippen LogP contribution in [0.3, 0.4) is 0 Å². The normalized spacial score (nSPS) is 33.7. The minimum absolute atomic E-state index is 0.153. The van der Waals surface area contributed by atoms with Gasteiger partial charge in [-0.05, 0) is 12.1 Å². The maximum absolute atomic E-state index is 14.6. The van der Waals surface area contributed by atoms with E-state index in [9.17, 15) is 35.1 Å². The zero-order valence-corrected chi connectivity index (χ0v) is 10.2. The summed E-state index contributed by atoms with van der Waals surface area (Å²) >= 11 is 0. The van der Waals surface area contributed by atoms with Gasteiger partial charge >= 0.3 is 6.18 Å². The van der Waals surface area contributed by atoms with Crippen LogP contribution in [0.4, 0.5) is 35.1 Å². The quantitative estimate of drug-likeness (QED) is 0.649. The molecule has 0 saturated carbocycles. The molecule has 21 heavy (non-hydrogen) atoms. The van der Waals surface area contributed by atoms with Crippen molar-refractivity contribution in [1.82, 2.24) is 0 Å². The predicted molar refractivity (Wildman–Crippen MR) is 57.8 cm³/mol. The number of hydrogen-bond donors (Lipinski definition) is 0. The fourth-order valence-corrected chi connectivity index (χ4v) is 2.24. The summed E-state index contributed by atoms with van der Waals surface area (Å²) in [6, 6.07) is 3.67. The van der Waals surface area contributed by atoms with Gasteiger partial charge < -0.3 is 0 Å². The van der Waals surface area contributed by atoms with Crippen LogP contribution in [0.5, 0.6) is 0 Å². The minimum atomic E-state index is -5.85. The third-order valence-corrected chi connectivity index (χ3v) is 3.32. The van der Waals surface area contributed by atoms with Crippen LogP contribution < -0.4 is 0 Å². The van der Waals surface area contributed by atoms with Crippen molar-refractivity contribution in [3.8, 4) is 0 Å². The molecule has 3 atom stereocenters. The van der Waals surface area contributed by atoms with E-state index in [1.807, 2.05) is 0 Å². The maximum Gasteiger partial charge on any atom is 0.426 e. The zero-order valence-electron chi connectivity index (χ0n) is 10.2. The minimum Gasteiger partial charge on any atom is -0.236 e. The highest BCUT2D eigenvalue weighted by molar-refractivity contribution is 5.35. The van der Waals surface area contributed by atoms with Crippen molar-refractivity contribution in [3.63, 3.8) is 0 Å². The van der Waals surface area contributed by atoms with E-state index in [1.54, 1.807) is 0 Å². The number of rotatable bonds is 1. The summed E-state index contributed by atoms with van der Waals surface area (Å²) < 4.78 is 106. The molecular formula is C13H8F8. The monoisotopic (exact) mass is 316 g/mol. The van der Waals surface area contributed by atoms with Crippen LogP contribution in [-0.4, -0.2) is 18.0 Å². The number of halogens is 8. The summed E-state index contributed by atoms with van der Waals surface area (Å²) in [7, 11) is 0. The molecule has 0 radical (unpaired) electrons. The Balaban J connectivity index is 2.60. The summed E-state index contributed by atoms with van der Waals surface area (Å²) in [5, 5.41) is 0. The zero-order chi connectivity index (χ0) is 16.1. The summed E-state index contributed by atoms with van der Waals surface area (Å²) in [5.41, 5.74) is -9.20. The summed E-state index contributed by atoms with van der Waals surface area (Å²) in [4.78, 5) is 0. The lowest BCUT2D eigenvalue weighted by atomic mass is 9.76. The van der Waals surface area contributed by atoms with Crippen molar-refractivity contribution in [2.24, 2.45) is 0 Å². The second kappa shape index (κ2) is 4.71. The number of benzene rings is 1. The molecule has 0 aliphatic heterocycles. The first-order valence-corrected chi connectivity index (χ1v) is 5.73. The lowest BCUT2D eigenvalue weighted by Gasteiger charge is -2.39. The van der Waals surface area contributed by atoms with Gasteiger partial charge in [-0.2, -0.15) is 13.2 Å². The topological polar surface area (TPSA) is 0 Å². The molecule has 0 heterocycles. The Hall–Kier alpha value is -1.60. The molecule has 0 fully saturated rings. The van der Waals surface area contributed by atoms with Gasteiger partial charge in [0, 0.05) is 12.0 Å². The average Bonchev–Trinajstić information content (AvgIpc) is 2.35. The SMILES string of the molecule is FC1=CC(F)(c2ccccc2F)CC(F)(C(F)(F)F)C1F. The van der Waals surface area contributed by atoms with Crippen molar-refractivity contribution >= 4 is 0 Å². The van der Waals surface area contributed by atoms with Crippen LogP contribution >= 0.6 is 0 Å². The van der Waals surface area contributed by atoms with Crippen LogP contribution in [0.25, 0.3) is 0 Å². The van der Waals surface area contributed by atoms with Gasteiger partial charge in [-0.25, -0.2) is 22.0 Å². The Morgan fingerprint density at radius 1 is 1.05 bits per heavy atom. The molecule has 0 nitrogen and oxygen atoms in total. The summed E-state index contributed by atoms with van der Waals surface area (Å²) in [5.74, 6) is -3.54. The fraction of sp³-hybridized carbons (Fsp3) is 0.385. The molecule has 0 saturated heterocycles. The lowest BCUT2D eigenvalue weighted by Crippen LogP contribution is -2.55. The van der Waals surface area contributed by atoms with Crippen LogP contribution in [0.15, 0.2) is 36.2 Å². The molecule has 8 heteroatoms. The highest BCUT2D eigenvalue weighted by atomic mass is 19.4. The largest absolute Gasteiger partial charge is 0.426 e. The van der Waals surface area contributed by atoms with Crippen molar-refractivity contribution in [2.75, 3.05) is 0 Å². The average molecular weight is 316 g/mol. The molecule has 1 aromatic carbocycles. The Kier molecular flexibility index (Phi) is 3.54. The molecule has 3 unspecified atom stereocenters. The number of alkyl halides is 6. The molecule has 1 aliphatic rings. The van der Waals surface area contributed by atoms with E-state index in [-0.39, 0.29) is 6.08 Å². The second-order valence-corrected chi connectivity index (χ2v) is 4.77. The van der Waals surface area contributed by atoms with Crippen LogP contribution in [0.2, 0.25) is 0 Å². The Morgan fingerprint density at radius 3 is 2.14 bits per heavy atom. The van der Waals surface area contributed by atoms with Gasteiger partial charge in [0.1, 0.15) is 11.6 Å². The van der Waals surface area contributed by atoms with E-state index in [4.69, 9.17) is 0 Å². The van der Waals surface area contributed by atoms with Gasteiger partial charge in [-0.3, -0.25) is 0 Å². The number of allylic oxidation sites excluding steroid dienone is 2. The van der Waals surface area contributed by atoms with Gasteiger partial charge in [-0.1, -0.05) is 18.2 Å². The maximum atomic E-state index is 14.6. The fourth-order valence-electron chi connectivity index (χ4n) is 2.24. The van der Waals surface area contributed by atoms with E-state index in [0.717, 1.165) is 24.3 Å². The van der Waals surface area contributed by atoms with Crippen molar-refractivity contribution < 1.29 is 35.1 Å². The number of hydrogen-bond acceptors (Lipinski definition) is 0. The predicted octanol–water partition coefficient (Wildman–Crippen LogP) is 4.86. The van der Waals surface area contributed by atoms with Gasteiger partial charge in [-0.15, -0.1) is 0 Å². The van der Waals surface area contributed by atoms with Crippen LogP contribution in [0, 0.1) is 5.82 Å². The summed E-state index contributed by atoms with van der Waals surface area (Å²) in [6.45, 7) is 0. The first kappa shape index (κ1) is 15.8. The van der Waals surface area contributed by atoms with Crippen molar-refractivity contribution in [3.05, 3.63) is 47.5 Å². The highest BCUT2D eigenvalue weighted by Crippen LogP contribution is 2.53. The van der Waals surface area contributed by atoms with E-state index in [2.05, 4.69) is 0 Å².